The standard InChI is InChI=1S/C12H23N5/c1-2-16(12-5-3-4-6-12)9-11-10-17(8-7-13)15-14-11/h10,12H,2-9,13H2,1H3. The third-order valence-corrected chi connectivity index (χ3v) is 3.56. The second-order valence-electron chi connectivity index (χ2n) is 4.76. The van der Waals surface area contributed by atoms with E-state index in [4.69, 9.17) is 5.73 Å². The third kappa shape index (κ3) is 3.26. The van der Waals surface area contributed by atoms with Crippen molar-refractivity contribution in [2.45, 2.75) is 51.7 Å². The summed E-state index contributed by atoms with van der Waals surface area (Å²) >= 11 is 0. The lowest BCUT2D eigenvalue weighted by Crippen LogP contribution is -2.32. The van der Waals surface area contributed by atoms with Crippen molar-refractivity contribution < 1.29 is 0 Å². The van der Waals surface area contributed by atoms with Crippen LogP contribution in [0.5, 0.6) is 0 Å². The lowest BCUT2D eigenvalue weighted by atomic mass is 10.2. The van der Waals surface area contributed by atoms with Crippen LogP contribution in [-0.2, 0) is 13.1 Å². The Morgan fingerprint density at radius 2 is 2.24 bits per heavy atom. The fraction of sp³-hybridized carbons (Fsp3) is 0.833. The molecule has 0 atom stereocenters. The molecule has 0 bridgehead atoms. The van der Waals surface area contributed by atoms with Crippen molar-refractivity contribution in [3.05, 3.63) is 11.9 Å². The third-order valence-electron chi connectivity index (χ3n) is 3.56. The highest BCUT2D eigenvalue weighted by molar-refractivity contribution is 4.93. The SMILES string of the molecule is CCN(Cc1cn(CCN)nn1)C1CCCC1. The summed E-state index contributed by atoms with van der Waals surface area (Å²) in [6.07, 6.45) is 7.45. The fourth-order valence-corrected chi connectivity index (χ4v) is 2.63. The predicted molar refractivity (Wildman–Crippen MR) is 67.4 cm³/mol. The minimum absolute atomic E-state index is 0.614. The molecule has 5 heteroatoms. The van der Waals surface area contributed by atoms with Gasteiger partial charge in [-0.2, -0.15) is 0 Å². The first-order valence-electron chi connectivity index (χ1n) is 6.66. The van der Waals surface area contributed by atoms with E-state index in [9.17, 15) is 0 Å². The maximum absolute atomic E-state index is 5.50. The van der Waals surface area contributed by atoms with Crippen LogP contribution in [0, 0.1) is 0 Å². The van der Waals surface area contributed by atoms with E-state index in [0.29, 0.717) is 6.54 Å². The largest absolute Gasteiger partial charge is 0.329 e. The maximum Gasteiger partial charge on any atom is 0.0967 e. The molecule has 1 aliphatic carbocycles. The average Bonchev–Trinajstić information content (AvgIpc) is 2.97. The number of hydrogen-bond donors (Lipinski definition) is 1. The first-order valence-corrected chi connectivity index (χ1v) is 6.66. The van der Waals surface area contributed by atoms with Crippen molar-refractivity contribution in [2.75, 3.05) is 13.1 Å². The lowest BCUT2D eigenvalue weighted by Gasteiger charge is -2.26. The molecule has 1 aromatic rings. The number of rotatable bonds is 6. The number of hydrogen-bond acceptors (Lipinski definition) is 4. The number of aromatic nitrogens is 3. The van der Waals surface area contributed by atoms with E-state index < -0.39 is 0 Å². The molecule has 1 heterocycles. The van der Waals surface area contributed by atoms with Crippen LogP contribution in [0.4, 0.5) is 0 Å². The smallest absolute Gasteiger partial charge is 0.0967 e. The van der Waals surface area contributed by atoms with Gasteiger partial charge in [0.2, 0.25) is 0 Å². The molecule has 1 saturated carbocycles. The maximum atomic E-state index is 5.50. The Morgan fingerprint density at radius 3 is 2.88 bits per heavy atom. The molecule has 0 saturated heterocycles. The predicted octanol–water partition coefficient (Wildman–Crippen LogP) is 1.00. The summed E-state index contributed by atoms with van der Waals surface area (Å²) in [6, 6.07) is 0.750. The zero-order valence-electron chi connectivity index (χ0n) is 10.7. The molecule has 5 nitrogen and oxygen atoms in total. The number of nitrogens with two attached hydrogens (primary N) is 1. The van der Waals surface area contributed by atoms with Crippen molar-refractivity contribution in [2.24, 2.45) is 5.73 Å². The molecule has 1 aliphatic rings. The Hall–Kier alpha value is -0.940. The first kappa shape index (κ1) is 12.5. The summed E-state index contributed by atoms with van der Waals surface area (Å²) in [7, 11) is 0. The highest BCUT2D eigenvalue weighted by Gasteiger charge is 2.21. The van der Waals surface area contributed by atoms with Gasteiger partial charge in [-0.1, -0.05) is 25.0 Å². The van der Waals surface area contributed by atoms with Crippen LogP contribution in [0.1, 0.15) is 38.3 Å². The highest BCUT2D eigenvalue weighted by atomic mass is 15.4. The first-order chi connectivity index (χ1) is 8.33. The van der Waals surface area contributed by atoms with Crippen LogP contribution < -0.4 is 5.73 Å². The van der Waals surface area contributed by atoms with E-state index in [-0.39, 0.29) is 0 Å². The van der Waals surface area contributed by atoms with Crippen LogP contribution in [0.3, 0.4) is 0 Å². The molecule has 0 radical (unpaired) electrons. The minimum Gasteiger partial charge on any atom is -0.329 e. The molecule has 1 fully saturated rings. The molecule has 0 spiro atoms. The van der Waals surface area contributed by atoms with Gasteiger partial charge in [-0.15, -0.1) is 5.10 Å². The highest BCUT2D eigenvalue weighted by Crippen LogP contribution is 2.24. The van der Waals surface area contributed by atoms with Gasteiger partial charge in [0.25, 0.3) is 0 Å². The van der Waals surface area contributed by atoms with Crippen molar-refractivity contribution >= 4 is 0 Å². The summed E-state index contributed by atoms with van der Waals surface area (Å²) in [5.41, 5.74) is 6.56. The summed E-state index contributed by atoms with van der Waals surface area (Å²) in [5.74, 6) is 0. The Balaban J connectivity index is 1.92. The second kappa shape index (κ2) is 6.12. The van der Waals surface area contributed by atoms with E-state index in [2.05, 4.69) is 22.1 Å². The van der Waals surface area contributed by atoms with Gasteiger partial charge in [0.15, 0.2) is 0 Å². The minimum atomic E-state index is 0.614. The van der Waals surface area contributed by atoms with Gasteiger partial charge in [0, 0.05) is 25.3 Å². The van der Waals surface area contributed by atoms with E-state index in [1.165, 1.54) is 25.7 Å². The zero-order chi connectivity index (χ0) is 12.1. The van der Waals surface area contributed by atoms with Gasteiger partial charge in [-0.3, -0.25) is 9.58 Å². The molecule has 2 N–H and O–H groups in total. The normalized spacial score (nSPS) is 17.1. The monoisotopic (exact) mass is 237 g/mol. The molecular weight excluding hydrogens is 214 g/mol. The second-order valence-corrected chi connectivity index (χ2v) is 4.76. The van der Waals surface area contributed by atoms with Gasteiger partial charge in [0.05, 0.1) is 12.2 Å². The average molecular weight is 237 g/mol. The Labute approximate surface area is 103 Å². The molecule has 1 aromatic heterocycles. The summed E-state index contributed by atoms with van der Waals surface area (Å²) in [6.45, 7) is 5.61. The quantitative estimate of drug-likeness (QED) is 0.802. The van der Waals surface area contributed by atoms with Gasteiger partial charge in [-0.05, 0) is 19.4 Å². The molecule has 96 valence electrons. The summed E-state index contributed by atoms with van der Waals surface area (Å²) < 4.78 is 1.83. The Kier molecular flexibility index (Phi) is 4.50. The molecule has 0 amide bonds. The van der Waals surface area contributed by atoms with E-state index in [1.807, 2.05) is 10.9 Å². The van der Waals surface area contributed by atoms with Gasteiger partial charge < -0.3 is 5.73 Å². The van der Waals surface area contributed by atoms with E-state index in [0.717, 1.165) is 31.4 Å². The molecule has 0 aromatic carbocycles. The molecule has 17 heavy (non-hydrogen) atoms. The van der Waals surface area contributed by atoms with E-state index in [1.54, 1.807) is 0 Å². The van der Waals surface area contributed by atoms with Crippen molar-refractivity contribution in [1.82, 2.24) is 19.9 Å². The number of nitrogens with zero attached hydrogens (tertiary/aromatic N) is 4. The molecule has 0 aliphatic heterocycles. The molecular formula is C12H23N5. The van der Waals surface area contributed by atoms with Gasteiger partial charge >= 0.3 is 0 Å². The summed E-state index contributed by atoms with van der Waals surface area (Å²) in [4.78, 5) is 2.52. The fourth-order valence-electron chi connectivity index (χ4n) is 2.63. The summed E-state index contributed by atoms with van der Waals surface area (Å²) in [5, 5.41) is 8.29. The van der Waals surface area contributed by atoms with Crippen LogP contribution in [-0.4, -0.2) is 39.0 Å². The van der Waals surface area contributed by atoms with E-state index >= 15 is 0 Å². The molecule has 0 unspecified atom stereocenters. The Morgan fingerprint density at radius 1 is 1.47 bits per heavy atom. The zero-order valence-corrected chi connectivity index (χ0v) is 10.7. The van der Waals surface area contributed by atoms with Crippen LogP contribution in [0.15, 0.2) is 6.20 Å². The topological polar surface area (TPSA) is 60.0 Å². The van der Waals surface area contributed by atoms with Crippen LogP contribution in [0.2, 0.25) is 0 Å². The lowest BCUT2D eigenvalue weighted by molar-refractivity contribution is 0.198. The Bertz CT molecular complexity index is 329. The van der Waals surface area contributed by atoms with Gasteiger partial charge in [0.1, 0.15) is 0 Å². The van der Waals surface area contributed by atoms with Crippen molar-refractivity contribution in [3.63, 3.8) is 0 Å². The van der Waals surface area contributed by atoms with Crippen LogP contribution >= 0.6 is 0 Å². The molecule has 2 rings (SSSR count). The van der Waals surface area contributed by atoms with Gasteiger partial charge in [-0.25, -0.2) is 0 Å². The van der Waals surface area contributed by atoms with Crippen molar-refractivity contribution in [1.29, 1.82) is 0 Å². The van der Waals surface area contributed by atoms with Crippen molar-refractivity contribution in [3.8, 4) is 0 Å². The van der Waals surface area contributed by atoms with Crippen LogP contribution in [0.25, 0.3) is 0 Å².